The van der Waals surface area contributed by atoms with E-state index in [0.717, 1.165) is 22.7 Å². The van der Waals surface area contributed by atoms with Crippen LogP contribution in [0.5, 0.6) is 11.5 Å². The first-order valence-corrected chi connectivity index (χ1v) is 13.8. The fourth-order valence-corrected chi connectivity index (χ4v) is 4.77. The van der Waals surface area contributed by atoms with Crippen molar-refractivity contribution in [2.45, 2.75) is 6.54 Å². The number of nitrogens with one attached hydrogen (secondary N) is 3. The summed E-state index contributed by atoms with van der Waals surface area (Å²) >= 11 is 6.55. The number of fused-ring (bicyclic) bond motifs is 2. The highest BCUT2D eigenvalue weighted by atomic mass is 35.5. The first kappa shape index (κ1) is 24.6. The largest absolute Gasteiger partial charge is 0.455 e. The van der Waals surface area contributed by atoms with Crippen molar-refractivity contribution in [3.8, 4) is 11.5 Å². The summed E-state index contributed by atoms with van der Waals surface area (Å²) in [5.41, 5.74) is 3.12. The lowest BCUT2D eigenvalue weighted by Crippen LogP contribution is -2.32. The maximum absolute atomic E-state index is 11.8. The molecular weight excluding hydrogens is 516 g/mol. The second-order valence-electron chi connectivity index (χ2n) is 8.45. The number of amides is 1. The van der Waals surface area contributed by atoms with Crippen LogP contribution in [0.2, 0.25) is 5.02 Å². The smallest absolute Gasteiger partial charge is 0.235 e. The number of anilines is 2. The zero-order valence-corrected chi connectivity index (χ0v) is 21.3. The summed E-state index contributed by atoms with van der Waals surface area (Å²) in [6.07, 6.45) is 6.17. The lowest BCUT2D eigenvalue weighted by Gasteiger charge is -2.13. The van der Waals surface area contributed by atoms with E-state index in [2.05, 4.69) is 25.6 Å². The Labute approximate surface area is 217 Å². The van der Waals surface area contributed by atoms with Crippen LogP contribution in [0, 0.1) is 0 Å². The number of aromatic amines is 1. The molecule has 0 spiro atoms. The molecular formula is C25H23ClN6O4S. The molecule has 37 heavy (non-hydrogen) atoms. The van der Waals surface area contributed by atoms with Crippen LogP contribution in [-0.4, -0.2) is 52.4 Å². The number of sulfone groups is 1. The molecule has 0 aliphatic rings. The molecule has 0 bridgehead atoms. The van der Waals surface area contributed by atoms with Crippen molar-refractivity contribution in [1.82, 2.24) is 24.8 Å². The molecule has 190 valence electrons. The summed E-state index contributed by atoms with van der Waals surface area (Å²) in [5, 5.41) is 7.28. The number of rotatable bonds is 9. The van der Waals surface area contributed by atoms with Crippen molar-refractivity contribution in [3.05, 3.63) is 72.3 Å². The second-order valence-corrected chi connectivity index (χ2v) is 11.0. The first-order valence-electron chi connectivity index (χ1n) is 11.3. The summed E-state index contributed by atoms with van der Waals surface area (Å²) in [4.78, 5) is 23.7. The van der Waals surface area contributed by atoms with Gasteiger partial charge in [-0.05, 0) is 42.5 Å². The average Bonchev–Trinajstić information content (AvgIpc) is 3.48. The Morgan fingerprint density at radius 1 is 1.14 bits per heavy atom. The Hall–Kier alpha value is -4.09. The minimum atomic E-state index is -3.39. The van der Waals surface area contributed by atoms with Gasteiger partial charge in [0.2, 0.25) is 5.91 Å². The van der Waals surface area contributed by atoms with E-state index in [0.29, 0.717) is 40.1 Å². The van der Waals surface area contributed by atoms with Gasteiger partial charge in [-0.1, -0.05) is 17.7 Å². The van der Waals surface area contributed by atoms with Crippen LogP contribution in [0.15, 0.2) is 67.3 Å². The molecule has 5 aromatic rings. The van der Waals surface area contributed by atoms with Gasteiger partial charge >= 0.3 is 0 Å². The third kappa shape index (κ3) is 5.68. The molecule has 0 radical (unpaired) electrons. The fraction of sp³-hybridized carbons (Fsp3) is 0.160. The summed E-state index contributed by atoms with van der Waals surface area (Å²) < 4.78 is 30.5. The quantitative estimate of drug-likeness (QED) is 0.255. The van der Waals surface area contributed by atoms with Crippen LogP contribution in [0.1, 0.15) is 0 Å². The number of carbonyl (C=O) groups excluding carboxylic acids is 1. The van der Waals surface area contributed by atoms with Crippen LogP contribution in [0.25, 0.3) is 21.9 Å². The van der Waals surface area contributed by atoms with Gasteiger partial charge in [-0.3, -0.25) is 4.79 Å². The number of aromatic nitrogens is 4. The zero-order chi connectivity index (χ0) is 26.0. The summed E-state index contributed by atoms with van der Waals surface area (Å²) in [5.74, 6) is 0.677. The van der Waals surface area contributed by atoms with Gasteiger partial charge in [0.1, 0.15) is 29.1 Å². The maximum atomic E-state index is 11.8. The summed E-state index contributed by atoms with van der Waals surface area (Å²) in [7, 11) is -3.39. The van der Waals surface area contributed by atoms with Gasteiger partial charge in [0, 0.05) is 48.3 Å². The van der Waals surface area contributed by atoms with Crippen molar-refractivity contribution >= 4 is 60.8 Å². The number of benzene rings is 2. The van der Waals surface area contributed by atoms with Crippen LogP contribution >= 0.6 is 11.6 Å². The summed E-state index contributed by atoms with van der Waals surface area (Å²) in [6, 6.07) is 14.9. The van der Waals surface area contributed by atoms with E-state index in [-0.39, 0.29) is 6.54 Å². The van der Waals surface area contributed by atoms with Crippen LogP contribution in [0.4, 0.5) is 11.5 Å². The lowest BCUT2D eigenvalue weighted by molar-refractivity contribution is -0.118. The van der Waals surface area contributed by atoms with E-state index in [1.807, 2.05) is 53.4 Å². The molecule has 0 fully saturated rings. The van der Waals surface area contributed by atoms with Gasteiger partial charge in [0.05, 0.1) is 10.5 Å². The van der Waals surface area contributed by atoms with Gasteiger partial charge in [-0.15, -0.1) is 0 Å². The molecule has 0 atom stereocenters. The van der Waals surface area contributed by atoms with E-state index < -0.39 is 21.5 Å². The monoisotopic (exact) mass is 538 g/mol. The Kier molecular flexibility index (Phi) is 6.72. The third-order valence-corrected chi connectivity index (χ3v) is 6.67. The molecule has 2 aromatic carbocycles. The standard InChI is InChI=1S/C25H23ClN6O4S/c1-37(34,35)14-23(33)28-10-12-32-11-8-20-24(32)25(30-15-29-20)31-16-5-6-22(18(26)13-16)36-21-4-2-3-19-17(21)7-9-27-19/h2-9,11,13,15,27H,10,12,14H2,1H3,(H,28,33)(H,29,30,31). The molecule has 3 heterocycles. The molecule has 1 amide bonds. The predicted molar refractivity (Wildman–Crippen MR) is 143 cm³/mol. The SMILES string of the molecule is CS(=O)(=O)CC(=O)NCCn1ccc2ncnc(Nc3ccc(Oc4cccc5[nH]ccc45)c(Cl)c3)c21. The van der Waals surface area contributed by atoms with E-state index in [1.54, 1.807) is 12.1 Å². The van der Waals surface area contributed by atoms with Gasteiger partial charge in [0.15, 0.2) is 15.7 Å². The molecule has 12 heteroatoms. The summed E-state index contributed by atoms with van der Waals surface area (Å²) in [6.45, 7) is 0.650. The van der Waals surface area contributed by atoms with Gasteiger partial charge in [-0.2, -0.15) is 0 Å². The topological polar surface area (TPSA) is 131 Å². The number of carbonyl (C=O) groups is 1. The lowest BCUT2D eigenvalue weighted by atomic mass is 10.2. The highest BCUT2D eigenvalue weighted by molar-refractivity contribution is 7.91. The number of ether oxygens (including phenoxy) is 1. The highest BCUT2D eigenvalue weighted by Crippen LogP contribution is 2.36. The first-order chi connectivity index (χ1) is 17.8. The van der Waals surface area contributed by atoms with Crippen LogP contribution in [0.3, 0.4) is 0 Å². The number of H-pyrrole nitrogens is 1. The van der Waals surface area contributed by atoms with Crippen molar-refractivity contribution in [2.75, 3.05) is 23.9 Å². The minimum Gasteiger partial charge on any atom is -0.455 e. The number of nitrogens with zero attached hydrogens (tertiary/aromatic N) is 3. The van der Waals surface area contributed by atoms with Gasteiger partial charge in [0.25, 0.3) is 0 Å². The Morgan fingerprint density at radius 3 is 2.81 bits per heavy atom. The number of hydrogen-bond donors (Lipinski definition) is 3. The van der Waals surface area contributed by atoms with E-state index in [4.69, 9.17) is 16.3 Å². The molecule has 0 aliphatic carbocycles. The maximum Gasteiger partial charge on any atom is 0.235 e. The minimum absolute atomic E-state index is 0.248. The van der Waals surface area contributed by atoms with Crippen molar-refractivity contribution in [2.24, 2.45) is 0 Å². The molecule has 5 rings (SSSR count). The Bertz CT molecular complexity index is 1710. The van der Waals surface area contributed by atoms with Crippen molar-refractivity contribution in [1.29, 1.82) is 0 Å². The molecule has 3 N–H and O–H groups in total. The highest BCUT2D eigenvalue weighted by Gasteiger charge is 2.14. The predicted octanol–water partition coefficient (Wildman–Crippen LogP) is 4.26. The molecule has 0 saturated carbocycles. The normalized spacial score (nSPS) is 11.6. The second kappa shape index (κ2) is 10.1. The van der Waals surface area contributed by atoms with E-state index >= 15 is 0 Å². The van der Waals surface area contributed by atoms with Crippen molar-refractivity contribution in [3.63, 3.8) is 0 Å². The Balaban J connectivity index is 1.32. The molecule has 3 aromatic heterocycles. The molecule has 0 saturated heterocycles. The number of halogens is 1. The van der Waals surface area contributed by atoms with Crippen LogP contribution < -0.4 is 15.4 Å². The van der Waals surface area contributed by atoms with Crippen molar-refractivity contribution < 1.29 is 17.9 Å². The van der Waals surface area contributed by atoms with Gasteiger partial charge in [-0.25, -0.2) is 18.4 Å². The van der Waals surface area contributed by atoms with Gasteiger partial charge < -0.3 is 24.9 Å². The zero-order valence-electron chi connectivity index (χ0n) is 19.7. The van der Waals surface area contributed by atoms with E-state index in [1.165, 1.54) is 6.33 Å². The number of hydrogen-bond acceptors (Lipinski definition) is 7. The fourth-order valence-electron chi connectivity index (χ4n) is 3.98. The third-order valence-electron chi connectivity index (χ3n) is 5.59. The molecule has 0 aliphatic heterocycles. The average molecular weight is 539 g/mol. The molecule has 10 nitrogen and oxygen atoms in total. The van der Waals surface area contributed by atoms with Crippen LogP contribution in [-0.2, 0) is 21.2 Å². The molecule has 0 unspecified atom stereocenters. The Morgan fingerprint density at radius 2 is 2.00 bits per heavy atom. The van der Waals surface area contributed by atoms with E-state index in [9.17, 15) is 13.2 Å².